The lowest BCUT2D eigenvalue weighted by Gasteiger charge is -2.32. The average Bonchev–Trinajstić information content (AvgIpc) is 3.79. The molecule has 2 fully saturated rings. The van der Waals surface area contributed by atoms with E-state index in [1.54, 1.807) is 24.3 Å². The molecule has 0 bridgehead atoms. The van der Waals surface area contributed by atoms with Gasteiger partial charge in [-0.15, -0.1) is 0 Å². The average molecular weight is 613 g/mol. The maximum absolute atomic E-state index is 13.0. The minimum Gasteiger partial charge on any atom is -0.491 e. The molecule has 1 saturated heterocycles. The number of nitrogens with two attached hydrogens (primary N) is 1. The van der Waals surface area contributed by atoms with E-state index in [-0.39, 0.29) is 27.8 Å². The van der Waals surface area contributed by atoms with Crippen LogP contribution in [0.5, 0.6) is 5.75 Å². The summed E-state index contributed by atoms with van der Waals surface area (Å²) < 4.78 is 34.9. The van der Waals surface area contributed by atoms with Crippen molar-refractivity contribution in [1.29, 1.82) is 0 Å². The Bertz CT molecular complexity index is 1540. The molecule has 1 amide bonds. The highest BCUT2D eigenvalue weighted by Crippen LogP contribution is 2.33. The van der Waals surface area contributed by atoms with E-state index in [2.05, 4.69) is 24.9 Å². The molecule has 0 atom stereocenters. The number of amides is 1. The van der Waals surface area contributed by atoms with Gasteiger partial charge in [-0.1, -0.05) is 29.8 Å². The first-order valence-electron chi connectivity index (χ1n) is 14.3. The molecule has 0 radical (unpaired) electrons. The first kappa shape index (κ1) is 30.1. The Morgan fingerprint density at radius 3 is 2.57 bits per heavy atom. The van der Waals surface area contributed by atoms with Gasteiger partial charge in [-0.25, -0.2) is 23.1 Å². The number of ether oxygens (including phenoxy) is 1. The van der Waals surface area contributed by atoms with Gasteiger partial charge in [-0.3, -0.25) is 4.79 Å². The fourth-order valence-electron chi connectivity index (χ4n) is 4.98. The zero-order chi connectivity index (χ0) is 29.9. The van der Waals surface area contributed by atoms with Crippen LogP contribution in [0.4, 0.5) is 17.2 Å². The van der Waals surface area contributed by atoms with Crippen molar-refractivity contribution in [3.63, 3.8) is 0 Å². The Balaban J connectivity index is 1.36. The Morgan fingerprint density at radius 2 is 1.88 bits per heavy atom. The van der Waals surface area contributed by atoms with Gasteiger partial charge in [-0.05, 0) is 63.6 Å². The van der Waals surface area contributed by atoms with Crippen molar-refractivity contribution in [3.05, 3.63) is 65.1 Å². The maximum atomic E-state index is 13.0. The van der Waals surface area contributed by atoms with E-state index >= 15 is 0 Å². The van der Waals surface area contributed by atoms with Gasteiger partial charge in [-0.2, -0.15) is 0 Å². The van der Waals surface area contributed by atoms with Gasteiger partial charge in [0.05, 0.1) is 18.0 Å². The second-order valence-electron chi connectivity index (χ2n) is 11.2. The molecule has 2 heterocycles. The number of nitrogens with zero attached hydrogens (tertiary/aromatic N) is 3. The summed E-state index contributed by atoms with van der Waals surface area (Å²) in [7, 11) is -3.72. The molecule has 1 saturated carbocycles. The molecule has 12 heteroatoms. The number of primary amides is 1. The summed E-state index contributed by atoms with van der Waals surface area (Å²) in [4.78, 5) is 23.0. The SMILES string of the molecule is CC(C)Oc1cc(N2CCC(C(N)=O)CC2)ccc1Cc1ncc(Cl)c(Nc2ccccc2S(=O)(=O)NCC2CC2)n1. The van der Waals surface area contributed by atoms with Crippen LogP contribution in [-0.4, -0.2) is 50.0 Å². The van der Waals surface area contributed by atoms with Crippen LogP contribution in [0.3, 0.4) is 0 Å². The first-order valence-corrected chi connectivity index (χ1v) is 16.2. The highest BCUT2D eigenvalue weighted by atomic mass is 35.5. The van der Waals surface area contributed by atoms with Crippen molar-refractivity contribution < 1.29 is 17.9 Å². The third kappa shape index (κ3) is 7.50. The van der Waals surface area contributed by atoms with Gasteiger partial charge in [0.25, 0.3) is 0 Å². The van der Waals surface area contributed by atoms with Crippen LogP contribution in [-0.2, 0) is 21.2 Å². The number of hydrogen-bond acceptors (Lipinski definition) is 8. The molecule has 1 aliphatic carbocycles. The largest absolute Gasteiger partial charge is 0.491 e. The third-order valence-electron chi connectivity index (χ3n) is 7.51. The van der Waals surface area contributed by atoms with Crippen molar-refractivity contribution >= 4 is 44.7 Å². The highest BCUT2D eigenvalue weighted by molar-refractivity contribution is 7.89. The Labute approximate surface area is 252 Å². The lowest BCUT2D eigenvalue weighted by atomic mass is 9.95. The quantitative estimate of drug-likeness (QED) is 0.269. The molecule has 2 aromatic carbocycles. The smallest absolute Gasteiger partial charge is 0.242 e. The van der Waals surface area contributed by atoms with Gasteiger partial charge in [0.1, 0.15) is 21.5 Å². The summed E-state index contributed by atoms with van der Waals surface area (Å²) in [5.41, 5.74) is 7.80. The van der Waals surface area contributed by atoms with Crippen molar-refractivity contribution in [2.75, 3.05) is 29.9 Å². The fourth-order valence-corrected chi connectivity index (χ4v) is 6.39. The summed E-state index contributed by atoms with van der Waals surface area (Å²) >= 11 is 6.45. The molecular weight excluding hydrogens is 576 g/mol. The molecule has 42 heavy (non-hydrogen) atoms. The molecule has 0 unspecified atom stereocenters. The van der Waals surface area contributed by atoms with Crippen LogP contribution in [0.1, 0.15) is 50.9 Å². The number of carbonyl (C=O) groups is 1. The lowest BCUT2D eigenvalue weighted by Crippen LogP contribution is -2.38. The van der Waals surface area contributed by atoms with Crippen molar-refractivity contribution in [2.45, 2.75) is 57.0 Å². The molecule has 3 aromatic rings. The van der Waals surface area contributed by atoms with Gasteiger partial charge >= 0.3 is 0 Å². The lowest BCUT2D eigenvalue weighted by molar-refractivity contribution is -0.122. The molecule has 2 aliphatic rings. The predicted octanol–water partition coefficient (Wildman–Crippen LogP) is 4.64. The van der Waals surface area contributed by atoms with Gasteiger partial charge < -0.3 is 20.7 Å². The number of aromatic nitrogens is 2. The number of carbonyl (C=O) groups excluding carboxylic acids is 1. The van der Waals surface area contributed by atoms with Crippen molar-refractivity contribution in [2.24, 2.45) is 17.6 Å². The van der Waals surface area contributed by atoms with Gasteiger partial charge in [0.15, 0.2) is 5.82 Å². The van der Waals surface area contributed by atoms with Crippen LogP contribution < -0.4 is 25.4 Å². The number of piperidine rings is 1. The molecule has 0 spiro atoms. The summed E-state index contributed by atoms with van der Waals surface area (Å²) in [5, 5.41) is 3.38. The number of rotatable bonds is 12. The van der Waals surface area contributed by atoms with Crippen molar-refractivity contribution in [1.82, 2.24) is 14.7 Å². The van der Waals surface area contributed by atoms with Gasteiger partial charge in [0, 0.05) is 49.3 Å². The second-order valence-corrected chi connectivity index (χ2v) is 13.3. The second kappa shape index (κ2) is 12.8. The summed E-state index contributed by atoms with van der Waals surface area (Å²) in [6.45, 7) is 5.87. The van der Waals surface area contributed by atoms with Crippen LogP contribution in [0.15, 0.2) is 53.6 Å². The Hall–Kier alpha value is -3.41. The fraction of sp³-hybridized carbons (Fsp3) is 0.433. The first-order chi connectivity index (χ1) is 20.1. The van der Waals surface area contributed by atoms with E-state index in [0.717, 1.165) is 55.8 Å². The number of hydrogen-bond donors (Lipinski definition) is 3. The van der Waals surface area contributed by atoms with Crippen LogP contribution in [0, 0.1) is 11.8 Å². The van der Waals surface area contributed by atoms with E-state index < -0.39 is 10.0 Å². The minimum absolute atomic E-state index is 0.0464. The monoisotopic (exact) mass is 612 g/mol. The molecule has 1 aromatic heterocycles. The third-order valence-corrected chi connectivity index (χ3v) is 9.27. The van der Waals surface area contributed by atoms with Crippen LogP contribution in [0.25, 0.3) is 0 Å². The number of anilines is 3. The van der Waals surface area contributed by atoms with Crippen LogP contribution in [0.2, 0.25) is 5.02 Å². The van der Waals surface area contributed by atoms with E-state index in [0.29, 0.717) is 36.2 Å². The van der Waals surface area contributed by atoms with Crippen molar-refractivity contribution in [3.8, 4) is 5.75 Å². The molecule has 224 valence electrons. The van der Waals surface area contributed by atoms with Crippen LogP contribution >= 0.6 is 11.6 Å². The highest BCUT2D eigenvalue weighted by Gasteiger charge is 2.26. The van der Waals surface area contributed by atoms with Gasteiger partial charge in [0.2, 0.25) is 15.9 Å². The summed E-state index contributed by atoms with van der Waals surface area (Å²) in [5.74, 6) is 1.63. The normalized spacial score (nSPS) is 16.0. The van der Waals surface area contributed by atoms with E-state index in [4.69, 9.17) is 22.1 Å². The van der Waals surface area contributed by atoms with E-state index in [1.807, 2.05) is 32.0 Å². The zero-order valence-corrected chi connectivity index (χ0v) is 25.4. The number of nitrogens with one attached hydrogen (secondary N) is 2. The maximum Gasteiger partial charge on any atom is 0.242 e. The molecular formula is C30H37ClN6O4S. The molecule has 1 aliphatic heterocycles. The van der Waals surface area contributed by atoms with E-state index in [9.17, 15) is 13.2 Å². The number of halogens is 1. The topological polar surface area (TPSA) is 140 Å². The molecule has 10 nitrogen and oxygen atoms in total. The number of para-hydroxylation sites is 1. The zero-order valence-electron chi connectivity index (χ0n) is 23.8. The Kier molecular flexibility index (Phi) is 9.19. The predicted molar refractivity (Wildman–Crippen MR) is 164 cm³/mol. The summed E-state index contributed by atoms with van der Waals surface area (Å²) in [6, 6.07) is 12.7. The molecule has 4 N–H and O–H groups in total. The standard InChI is InChI=1S/C30H37ClN6O4S/c1-19(2)41-26-16-23(37-13-11-21(12-14-37)29(32)38)10-9-22(26)15-28-33-18-24(31)30(36-28)35-25-5-3-4-6-27(25)42(39,40)34-17-20-7-8-20/h3-6,9-10,16,18-21,34H,7-8,11-15,17H2,1-2H3,(H2,32,38)(H,33,35,36). The summed E-state index contributed by atoms with van der Waals surface area (Å²) in [6.07, 6.45) is 5.39. The molecule has 5 rings (SSSR count). The number of benzene rings is 2. The Morgan fingerprint density at radius 1 is 1.14 bits per heavy atom. The van der Waals surface area contributed by atoms with E-state index in [1.165, 1.54) is 6.20 Å². The minimum atomic E-state index is -3.72. The number of sulfonamides is 1.